The summed E-state index contributed by atoms with van der Waals surface area (Å²) in [4.78, 5) is 11.8. The van der Waals surface area contributed by atoms with Gasteiger partial charge in [0.1, 0.15) is 12.4 Å². The minimum atomic E-state index is -0.452. The Morgan fingerprint density at radius 2 is 1.90 bits per heavy atom. The van der Waals surface area contributed by atoms with Gasteiger partial charge < -0.3 is 15.2 Å². The van der Waals surface area contributed by atoms with Crippen LogP contribution in [0, 0.1) is 0 Å². The number of nitrogen functional groups attached to an aromatic ring is 1. The zero-order valence-electron chi connectivity index (χ0n) is 11.6. The van der Waals surface area contributed by atoms with Crippen molar-refractivity contribution in [3.63, 3.8) is 0 Å². The van der Waals surface area contributed by atoms with Gasteiger partial charge >= 0.3 is 5.97 Å². The molecule has 4 nitrogen and oxygen atoms in total. The molecular formula is C16H16ClNO3. The van der Waals surface area contributed by atoms with Crippen molar-refractivity contribution in [2.45, 2.75) is 13.5 Å². The first-order valence-electron chi connectivity index (χ1n) is 6.54. The Morgan fingerprint density at radius 3 is 2.57 bits per heavy atom. The fourth-order valence-electron chi connectivity index (χ4n) is 1.80. The van der Waals surface area contributed by atoms with E-state index < -0.39 is 5.97 Å². The molecule has 0 unspecified atom stereocenters. The monoisotopic (exact) mass is 305 g/mol. The fraction of sp³-hybridized carbons (Fsp3) is 0.188. The molecule has 0 atom stereocenters. The van der Waals surface area contributed by atoms with Gasteiger partial charge in [-0.05, 0) is 36.8 Å². The first-order chi connectivity index (χ1) is 10.1. The summed E-state index contributed by atoms with van der Waals surface area (Å²) in [5.41, 5.74) is 7.51. The standard InChI is InChI=1S/C16H16ClNO3/c1-2-20-16(19)13-4-3-5-14(15(13)18)21-10-11-6-8-12(17)9-7-11/h3-9H,2,10,18H2,1H3. The summed E-state index contributed by atoms with van der Waals surface area (Å²) in [6, 6.07) is 12.4. The number of benzene rings is 2. The van der Waals surface area contributed by atoms with Crippen LogP contribution in [0.2, 0.25) is 5.02 Å². The number of nitrogens with two attached hydrogens (primary N) is 1. The van der Waals surface area contributed by atoms with E-state index in [0.717, 1.165) is 5.56 Å². The van der Waals surface area contributed by atoms with Gasteiger partial charge in [-0.15, -0.1) is 0 Å². The Labute approximate surface area is 128 Å². The van der Waals surface area contributed by atoms with Crippen LogP contribution in [0.1, 0.15) is 22.8 Å². The van der Waals surface area contributed by atoms with Crippen LogP contribution in [0.5, 0.6) is 5.75 Å². The third-order valence-electron chi connectivity index (χ3n) is 2.87. The van der Waals surface area contributed by atoms with Crippen LogP contribution in [0.15, 0.2) is 42.5 Å². The molecule has 0 saturated carbocycles. The van der Waals surface area contributed by atoms with Gasteiger partial charge in [0.15, 0.2) is 0 Å². The van der Waals surface area contributed by atoms with Gasteiger partial charge in [0, 0.05) is 5.02 Å². The van der Waals surface area contributed by atoms with Gasteiger partial charge in [-0.3, -0.25) is 0 Å². The summed E-state index contributed by atoms with van der Waals surface area (Å²) in [5, 5.41) is 0.669. The van der Waals surface area contributed by atoms with Crippen LogP contribution in [-0.2, 0) is 11.3 Å². The highest BCUT2D eigenvalue weighted by molar-refractivity contribution is 6.30. The molecule has 2 aromatic rings. The molecule has 2 aromatic carbocycles. The van der Waals surface area contributed by atoms with Crippen LogP contribution >= 0.6 is 11.6 Å². The average molecular weight is 306 g/mol. The zero-order chi connectivity index (χ0) is 15.2. The van der Waals surface area contributed by atoms with E-state index in [0.29, 0.717) is 29.5 Å². The highest BCUT2D eigenvalue weighted by atomic mass is 35.5. The minimum absolute atomic E-state index is 0.282. The van der Waals surface area contributed by atoms with Crippen LogP contribution in [0.3, 0.4) is 0 Å². The molecule has 0 aliphatic carbocycles. The number of carbonyl (C=O) groups excluding carboxylic acids is 1. The molecule has 0 spiro atoms. The van der Waals surface area contributed by atoms with E-state index in [1.807, 2.05) is 12.1 Å². The van der Waals surface area contributed by atoms with Crippen molar-refractivity contribution in [2.24, 2.45) is 0 Å². The van der Waals surface area contributed by atoms with Gasteiger partial charge in [-0.2, -0.15) is 0 Å². The number of halogens is 1. The Morgan fingerprint density at radius 1 is 1.19 bits per heavy atom. The van der Waals surface area contributed by atoms with E-state index in [1.165, 1.54) is 0 Å². The third-order valence-corrected chi connectivity index (χ3v) is 3.12. The Hall–Kier alpha value is -2.20. The van der Waals surface area contributed by atoms with Gasteiger partial charge in [0.2, 0.25) is 0 Å². The van der Waals surface area contributed by atoms with E-state index in [4.69, 9.17) is 26.8 Å². The predicted octanol–water partition coefficient (Wildman–Crippen LogP) is 3.68. The lowest BCUT2D eigenvalue weighted by molar-refractivity contribution is 0.0527. The van der Waals surface area contributed by atoms with E-state index in [-0.39, 0.29) is 5.69 Å². The lowest BCUT2D eigenvalue weighted by Gasteiger charge is -2.12. The topological polar surface area (TPSA) is 61.5 Å². The van der Waals surface area contributed by atoms with E-state index in [2.05, 4.69) is 0 Å². The summed E-state index contributed by atoms with van der Waals surface area (Å²) < 4.78 is 10.6. The highest BCUT2D eigenvalue weighted by Gasteiger charge is 2.14. The second-order valence-electron chi connectivity index (χ2n) is 4.35. The van der Waals surface area contributed by atoms with Crippen LogP contribution in [-0.4, -0.2) is 12.6 Å². The van der Waals surface area contributed by atoms with Crippen LogP contribution < -0.4 is 10.5 Å². The van der Waals surface area contributed by atoms with Crippen molar-refractivity contribution in [3.05, 3.63) is 58.6 Å². The third kappa shape index (κ3) is 3.89. The molecule has 0 heterocycles. The maximum atomic E-state index is 11.8. The summed E-state index contributed by atoms with van der Waals surface area (Å²) in [6.07, 6.45) is 0. The van der Waals surface area contributed by atoms with Gasteiger partial charge in [0.25, 0.3) is 0 Å². The smallest absolute Gasteiger partial charge is 0.340 e. The zero-order valence-corrected chi connectivity index (χ0v) is 12.4. The fourth-order valence-corrected chi connectivity index (χ4v) is 1.92. The van der Waals surface area contributed by atoms with Crippen LogP contribution in [0.4, 0.5) is 5.69 Å². The minimum Gasteiger partial charge on any atom is -0.487 e. The van der Waals surface area contributed by atoms with Gasteiger partial charge in [-0.25, -0.2) is 4.79 Å². The maximum absolute atomic E-state index is 11.8. The van der Waals surface area contributed by atoms with Gasteiger partial charge in [0.05, 0.1) is 17.9 Å². The number of para-hydroxylation sites is 1. The average Bonchev–Trinajstić information content (AvgIpc) is 2.48. The van der Waals surface area contributed by atoms with Crippen molar-refractivity contribution in [1.29, 1.82) is 0 Å². The number of esters is 1. The molecule has 0 aliphatic rings. The van der Waals surface area contributed by atoms with E-state index in [9.17, 15) is 4.79 Å². The molecule has 0 amide bonds. The number of anilines is 1. The lowest BCUT2D eigenvalue weighted by Crippen LogP contribution is -2.09. The molecule has 110 valence electrons. The molecule has 2 rings (SSSR count). The maximum Gasteiger partial charge on any atom is 0.340 e. The first-order valence-corrected chi connectivity index (χ1v) is 6.92. The van der Waals surface area contributed by atoms with Crippen molar-refractivity contribution in [3.8, 4) is 5.75 Å². The SMILES string of the molecule is CCOC(=O)c1cccc(OCc2ccc(Cl)cc2)c1N. The quantitative estimate of drug-likeness (QED) is 0.676. The molecule has 0 radical (unpaired) electrons. The number of ether oxygens (including phenoxy) is 2. The number of carbonyl (C=O) groups is 1. The Kier molecular flexibility index (Phi) is 5.06. The molecular weight excluding hydrogens is 290 g/mol. The van der Waals surface area contributed by atoms with E-state index in [1.54, 1.807) is 37.3 Å². The molecule has 0 fully saturated rings. The lowest BCUT2D eigenvalue weighted by atomic mass is 10.1. The largest absolute Gasteiger partial charge is 0.487 e. The molecule has 21 heavy (non-hydrogen) atoms. The molecule has 5 heteroatoms. The summed E-state index contributed by atoms with van der Waals surface area (Å²) in [7, 11) is 0. The summed E-state index contributed by atoms with van der Waals surface area (Å²) in [6.45, 7) is 2.39. The number of hydrogen-bond donors (Lipinski definition) is 1. The molecule has 0 aromatic heterocycles. The van der Waals surface area contributed by atoms with Crippen molar-refractivity contribution in [1.82, 2.24) is 0 Å². The van der Waals surface area contributed by atoms with Crippen molar-refractivity contribution >= 4 is 23.3 Å². The van der Waals surface area contributed by atoms with E-state index >= 15 is 0 Å². The number of rotatable bonds is 5. The van der Waals surface area contributed by atoms with Crippen molar-refractivity contribution < 1.29 is 14.3 Å². The van der Waals surface area contributed by atoms with Crippen LogP contribution in [0.25, 0.3) is 0 Å². The second-order valence-corrected chi connectivity index (χ2v) is 4.79. The van der Waals surface area contributed by atoms with Gasteiger partial charge in [-0.1, -0.05) is 29.8 Å². The molecule has 0 bridgehead atoms. The number of hydrogen-bond acceptors (Lipinski definition) is 4. The molecule has 0 saturated heterocycles. The first kappa shape index (κ1) is 15.2. The molecule has 2 N–H and O–H groups in total. The Balaban J connectivity index is 2.11. The Bertz CT molecular complexity index is 626. The van der Waals surface area contributed by atoms with Crippen molar-refractivity contribution in [2.75, 3.05) is 12.3 Å². The molecule has 0 aliphatic heterocycles. The summed E-state index contributed by atoms with van der Waals surface area (Å²) in [5.74, 6) is 0.00226. The normalized spacial score (nSPS) is 10.2. The highest BCUT2D eigenvalue weighted by Crippen LogP contribution is 2.26. The summed E-state index contributed by atoms with van der Waals surface area (Å²) >= 11 is 5.83. The second kappa shape index (κ2) is 6.99. The predicted molar refractivity (Wildman–Crippen MR) is 82.6 cm³/mol.